The smallest absolute Gasteiger partial charge is 0.286 e. The zero-order valence-corrected chi connectivity index (χ0v) is 19.2. The molecule has 6 heteroatoms. The number of hydrogen-bond acceptors (Lipinski definition) is 4. The molecule has 0 saturated heterocycles. The molecule has 4 nitrogen and oxygen atoms in total. The van der Waals surface area contributed by atoms with Gasteiger partial charge in [0.1, 0.15) is 0 Å². The van der Waals surface area contributed by atoms with Gasteiger partial charge in [-0.25, -0.2) is 0 Å². The van der Waals surface area contributed by atoms with Gasteiger partial charge in [0.15, 0.2) is 5.37 Å². The predicted molar refractivity (Wildman–Crippen MR) is 122 cm³/mol. The van der Waals surface area contributed by atoms with E-state index in [0.717, 1.165) is 59.7 Å². The number of hydrogen-bond donors (Lipinski definition) is 1. The Kier molecular flexibility index (Phi) is 7.30. The van der Waals surface area contributed by atoms with Crippen molar-refractivity contribution in [1.82, 2.24) is 0 Å². The van der Waals surface area contributed by atoms with Crippen molar-refractivity contribution in [2.75, 3.05) is 4.90 Å². The highest BCUT2D eigenvalue weighted by molar-refractivity contribution is 7.99. The summed E-state index contributed by atoms with van der Waals surface area (Å²) < 4.78 is 34.5. The predicted octanol–water partition coefficient (Wildman–Crippen LogP) is 6.60. The lowest BCUT2D eigenvalue weighted by Gasteiger charge is -2.37. The molecule has 1 unspecified atom stereocenters. The van der Waals surface area contributed by atoms with Gasteiger partial charge < -0.3 is 4.90 Å². The molecule has 2 aromatic rings. The Morgan fingerprint density at radius 3 is 2.10 bits per heavy atom. The van der Waals surface area contributed by atoms with E-state index in [1.807, 2.05) is 11.0 Å². The van der Waals surface area contributed by atoms with Crippen molar-refractivity contribution >= 4 is 33.3 Å². The molecule has 158 valence electrons. The van der Waals surface area contributed by atoms with Crippen LogP contribution in [0.15, 0.2) is 46.2 Å². The number of anilines is 2. The second kappa shape index (κ2) is 9.54. The zero-order valence-electron chi connectivity index (χ0n) is 17.5. The van der Waals surface area contributed by atoms with E-state index < -0.39 is 15.5 Å². The van der Waals surface area contributed by atoms with Gasteiger partial charge in [-0.05, 0) is 67.5 Å². The Labute approximate surface area is 179 Å². The van der Waals surface area contributed by atoms with Crippen LogP contribution >= 0.6 is 11.8 Å². The van der Waals surface area contributed by atoms with Gasteiger partial charge in [0.2, 0.25) is 0 Å². The quantitative estimate of drug-likeness (QED) is 0.452. The molecule has 1 aliphatic heterocycles. The van der Waals surface area contributed by atoms with E-state index in [1.54, 1.807) is 18.7 Å². The summed E-state index contributed by atoms with van der Waals surface area (Å²) in [6, 6.07) is 12.6. The summed E-state index contributed by atoms with van der Waals surface area (Å²) in [6.07, 6.45) is 6.77. The fourth-order valence-corrected chi connectivity index (χ4v) is 5.87. The van der Waals surface area contributed by atoms with Crippen LogP contribution in [0.1, 0.15) is 64.0 Å². The van der Waals surface area contributed by atoms with Gasteiger partial charge in [-0.1, -0.05) is 57.5 Å². The third kappa shape index (κ3) is 4.98. The van der Waals surface area contributed by atoms with Gasteiger partial charge in [-0.2, -0.15) is 8.42 Å². The second-order valence-corrected chi connectivity index (χ2v) is 10.3. The van der Waals surface area contributed by atoms with Crippen molar-refractivity contribution in [3.05, 3.63) is 47.5 Å². The van der Waals surface area contributed by atoms with E-state index in [0.29, 0.717) is 6.42 Å². The molecule has 0 amide bonds. The Morgan fingerprint density at radius 1 is 0.897 bits per heavy atom. The molecule has 0 fully saturated rings. The number of benzene rings is 2. The maximum atomic E-state index is 12.3. The van der Waals surface area contributed by atoms with Crippen LogP contribution in [0.5, 0.6) is 0 Å². The minimum absolute atomic E-state index is 0.305. The summed E-state index contributed by atoms with van der Waals surface area (Å²) in [5.41, 5.74) is 4.20. The van der Waals surface area contributed by atoms with Gasteiger partial charge in [-0.15, -0.1) is 0 Å². The molecule has 29 heavy (non-hydrogen) atoms. The standard InChI is InChI=1S/C23H31NO3S2/c1-4-7-9-17-12-14-21-20(15-17)24(23(6-3)29(25,26)27)19-13-11-18(10-8-5-2)16-22(19)28-21/h11-16,23H,4-10H2,1-3H3,(H,25,26,27). The van der Waals surface area contributed by atoms with Crippen molar-refractivity contribution in [1.29, 1.82) is 0 Å². The second-order valence-electron chi connectivity index (χ2n) is 7.66. The summed E-state index contributed by atoms with van der Waals surface area (Å²) in [5.74, 6) is 0. The molecule has 1 heterocycles. The molecular formula is C23H31NO3S2. The molecule has 0 radical (unpaired) electrons. The van der Waals surface area contributed by atoms with Gasteiger partial charge in [-0.3, -0.25) is 4.55 Å². The van der Waals surface area contributed by atoms with E-state index in [-0.39, 0.29) is 0 Å². The van der Waals surface area contributed by atoms with E-state index in [4.69, 9.17) is 0 Å². The van der Waals surface area contributed by atoms with Crippen molar-refractivity contribution in [3.63, 3.8) is 0 Å². The third-order valence-corrected chi connectivity index (χ3v) is 7.75. The van der Waals surface area contributed by atoms with Crippen molar-refractivity contribution in [3.8, 4) is 0 Å². The summed E-state index contributed by atoms with van der Waals surface area (Å²) in [6.45, 7) is 6.15. The van der Waals surface area contributed by atoms with Crippen LogP contribution < -0.4 is 4.90 Å². The molecule has 2 aromatic carbocycles. The van der Waals surface area contributed by atoms with Crippen LogP contribution in [0.3, 0.4) is 0 Å². The average molecular weight is 434 g/mol. The zero-order chi connectivity index (χ0) is 21.0. The minimum Gasteiger partial charge on any atom is -0.320 e. The third-order valence-electron chi connectivity index (χ3n) is 5.41. The molecule has 1 atom stereocenters. The van der Waals surface area contributed by atoms with Gasteiger partial charge >= 0.3 is 0 Å². The summed E-state index contributed by atoms with van der Waals surface area (Å²) in [4.78, 5) is 3.91. The van der Waals surface area contributed by atoms with Crippen LogP contribution in [-0.2, 0) is 23.0 Å². The van der Waals surface area contributed by atoms with Gasteiger partial charge in [0, 0.05) is 9.79 Å². The van der Waals surface area contributed by atoms with Crippen LogP contribution in [0, 0.1) is 0 Å². The Morgan fingerprint density at radius 2 is 1.52 bits per heavy atom. The number of nitrogens with zero attached hydrogens (tertiary/aromatic N) is 1. The average Bonchev–Trinajstić information content (AvgIpc) is 2.69. The maximum Gasteiger partial charge on any atom is 0.286 e. The van der Waals surface area contributed by atoms with Crippen molar-refractivity contribution < 1.29 is 13.0 Å². The van der Waals surface area contributed by atoms with E-state index in [9.17, 15) is 13.0 Å². The lowest BCUT2D eigenvalue weighted by atomic mass is 10.1. The molecule has 1 N–H and O–H groups in total. The highest BCUT2D eigenvalue weighted by Crippen LogP contribution is 2.50. The molecular weight excluding hydrogens is 402 g/mol. The number of aryl methyl sites for hydroxylation is 2. The van der Waals surface area contributed by atoms with Crippen molar-refractivity contribution in [2.45, 2.75) is 80.9 Å². The molecule has 0 spiro atoms. The van der Waals surface area contributed by atoms with Crippen molar-refractivity contribution in [2.24, 2.45) is 0 Å². The largest absolute Gasteiger partial charge is 0.320 e. The van der Waals surface area contributed by atoms with Crippen LogP contribution in [0.2, 0.25) is 0 Å². The number of fused-ring (bicyclic) bond motifs is 2. The molecule has 0 bridgehead atoms. The first kappa shape index (κ1) is 22.2. The number of unbranched alkanes of at least 4 members (excludes halogenated alkanes) is 2. The fourth-order valence-electron chi connectivity index (χ4n) is 3.83. The van der Waals surface area contributed by atoms with Crippen LogP contribution in [0.4, 0.5) is 11.4 Å². The Hall–Kier alpha value is -1.50. The van der Waals surface area contributed by atoms with Crippen LogP contribution in [-0.4, -0.2) is 18.3 Å². The summed E-state index contributed by atoms with van der Waals surface area (Å²) in [5, 5.41) is -0.996. The molecule has 0 aliphatic carbocycles. The highest BCUT2D eigenvalue weighted by Gasteiger charge is 2.35. The van der Waals surface area contributed by atoms with E-state index >= 15 is 0 Å². The Bertz CT molecular complexity index is 957. The normalized spacial score (nSPS) is 14.4. The first-order valence-corrected chi connectivity index (χ1v) is 12.9. The van der Waals surface area contributed by atoms with Crippen LogP contribution in [0.25, 0.3) is 0 Å². The molecule has 1 aliphatic rings. The van der Waals surface area contributed by atoms with E-state index in [2.05, 4.69) is 44.2 Å². The van der Waals surface area contributed by atoms with E-state index in [1.165, 1.54) is 11.1 Å². The maximum absolute atomic E-state index is 12.3. The number of rotatable bonds is 9. The first-order valence-electron chi connectivity index (χ1n) is 10.6. The topological polar surface area (TPSA) is 57.6 Å². The monoisotopic (exact) mass is 433 g/mol. The summed E-state index contributed by atoms with van der Waals surface area (Å²) >= 11 is 1.69. The molecule has 0 aromatic heterocycles. The fraction of sp³-hybridized carbons (Fsp3) is 0.478. The summed E-state index contributed by atoms with van der Waals surface area (Å²) in [7, 11) is -4.24. The van der Waals surface area contributed by atoms with Gasteiger partial charge in [0.05, 0.1) is 11.4 Å². The van der Waals surface area contributed by atoms with Gasteiger partial charge in [0.25, 0.3) is 10.1 Å². The highest BCUT2D eigenvalue weighted by atomic mass is 32.2. The lowest BCUT2D eigenvalue weighted by Crippen LogP contribution is -2.38. The molecule has 3 rings (SSSR count). The first-order chi connectivity index (χ1) is 13.9. The molecule has 0 saturated carbocycles. The lowest BCUT2D eigenvalue weighted by molar-refractivity contribution is 0.464. The SMILES string of the molecule is CCCCc1ccc2c(c1)Sc1ccc(CCCC)cc1N2C(CC)S(=O)(=O)O. The minimum atomic E-state index is -4.24. The Balaban J connectivity index is 2.11.